The first-order valence-corrected chi connectivity index (χ1v) is 11.5. The van der Waals surface area contributed by atoms with Crippen molar-refractivity contribution >= 4 is 17.6 Å². The summed E-state index contributed by atoms with van der Waals surface area (Å²) in [6.07, 6.45) is 13.0. The summed E-state index contributed by atoms with van der Waals surface area (Å²) in [7, 11) is 2.23. The van der Waals surface area contributed by atoms with Gasteiger partial charge in [-0.1, -0.05) is 6.92 Å². The molecule has 0 amide bonds. The van der Waals surface area contributed by atoms with E-state index in [1.54, 1.807) is 0 Å². The molecule has 4 heteroatoms. The smallest absolute Gasteiger partial charge is 0.311 e. The Kier molecular flexibility index (Phi) is 5.86. The zero-order valence-corrected chi connectivity index (χ0v) is 17.3. The quantitative estimate of drug-likeness (QED) is 0.508. The van der Waals surface area contributed by atoms with Crippen molar-refractivity contribution in [2.75, 3.05) is 7.05 Å². The molecule has 0 radical (unpaired) electrons. The van der Waals surface area contributed by atoms with Gasteiger partial charge in [0.1, 0.15) is 6.10 Å². The molecule has 4 rings (SSSR count). The Labute approximate surface area is 164 Å². The zero-order chi connectivity index (χ0) is 18.3. The maximum Gasteiger partial charge on any atom is 0.311 e. The lowest BCUT2D eigenvalue weighted by Crippen LogP contribution is -2.52. The monoisotopic (exact) mass is 381 g/mol. The number of ether oxygens (including phenoxy) is 1. The summed E-state index contributed by atoms with van der Waals surface area (Å²) in [6.45, 7) is 2.32. The largest absolute Gasteiger partial charge is 0.462 e. The molecule has 4 atom stereocenters. The van der Waals surface area contributed by atoms with E-state index in [1.165, 1.54) is 44.9 Å². The molecule has 2 saturated carbocycles. The van der Waals surface area contributed by atoms with Crippen LogP contribution in [-0.4, -0.2) is 41.5 Å². The number of hydrogen-bond acceptors (Lipinski definition) is 3. The molecule has 2 aliphatic heterocycles. The average molecular weight is 382 g/mol. The fourth-order valence-electron chi connectivity index (χ4n) is 6.42. The first-order valence-electron chi connectivity index (χ1n) is 11.1. The highest BCUT2D eigenvalue weighted by Crippen LogP contribution is 2.48. The molecule has 2 aliphatic carbocycles. The third kappa shape index (κ3) is 3.81. The van der Waals surface area contributed by atoms with Crippen molar-refractivity contribution in [3.05, 3.63) is 0 Å². The van der Waals surface area contributed by atoms with E-state index < -0.39 is 0 Å². The number of fused-ring (bicyclic) bond motifs is 2. The van der Waals surface area contributed by atoms with Crippen molar-refractivity contribution in [3.8, 4) is 0 Å². The van der Waals surface area contributed by atoms with Crippen LogP contribution in [-0.2, 0) is 9.53 Å². The summed E-state index contributed by atoms with van der Waals surface area (Å²) in [5.74, 6) is 2.20. The van der Waals surface area contributed by atoms with E-state index in [2.05, 4.69) is 18.9 Å². The van der Waals surface area contributed by atoms with Crippen LogP contribution in [0.5, 0.6) is 0 Å². The molecule has 2 saturated heterocycles. The maximum absolute atomic E-state index is 13.3. The minimum Gasteiger partial charge on any atom is -0.462 e. The van der Waals surface area contributed by atoms with Gasteiger partial charge in [-0.25, -0.2) is 0 Å². The lowest BCUT2D eigenvalue weighted by Gasteiger charge is -2.46. The second kappa shape index (κ2) is 7.99. The fraction of sp³-hybridized carbons (Fsp3) is 0.955. The molecule has 2 bridgehead atoms. The number of alkyl halides is 1. The van der Waals surface area contributed by atoms with Crippen LogP contribution in [0.1, 0.15) is 77.6 Å². The Morgan fingerprint density at radius 1 is 0.962 bits per heavy atom. The second-order valence-electron chi connectivity index (χ2n) is 9.72. The van der Waals surface area contributed by atoms with Gasteiger partial charge in [0.2, 0.25) is 0 Å². The van der Waals surface area contributed by atoms with Gasteiger partial charge >= 0.3 is 5.97 Å². The number of esters is 1. The minimum atomic E-state index is 0.0926. The molecule has 0 aromatic heterocycles. The van der Waals surface area contributed by atoms with Crippen molar-refractivity contribution in [2.24, 2.45) is 23.7 Å². The second-order valence-corrected chi connectivity index (χ2v) is 10.3. The molecule has 4 fully saturated rings. The number of carbonyl (C=O) groups is 1. The Balaban J connectivity index is 1.46. The summed E-state index contributed by atoms with van der Waals surface area (Å²) in [5.41, 5.74) is 0. The van der Waals surface area contributed by atoms with Gasteiger partial charge in [0, 0.05) is 17.5 Å². The van der Waals surface area contributed by atoms with E-state index in [-0.39, 0.29) is 18.0 Å². The Morgan fingerprint density at radius 2 is 1.65 bits per heavy atom. The van der Waals surface area contributed by atoms with Gasteiger partial charge in [-0.3, -0.25) is 9.69 Å². The molecule has 0 spiro atoms. The van der Waals surface area contributed by atoms with Crippen molar-refractivity contribution in [3.63, 3.8) is 0 Å². The van der Waals surface area contributed by atoms with E-state index in [0.29, 0.717) is 29.3 Å². The molecule has 4 unspecified atom stereocenters. The summed E-state index contributed by atoms with van der Waals surface area (Å²) < 4.78 is 6.13. The number of hydrogen-bond donors (Lipinski definition) is 0. The van der Waals surface area contributed by atoms with Gasteiger partial charge in [-0.2, -0.15) is 0 Å². The number of halogens is 1. The predicted octanol–water partition coefficient (Wildman–Crippen LogP) is 5.00. The Bertz CT molecular complexity index is 496. The van der Waals surface area contributed by atoms with Crippen LogP contribution < -0.4 is 0 Å². The van der Waals surface area contributed by atoms with Crippen molar-refractivity contribution in [1.29, 1.82) is 0 Å². The Hall–Kier alpha value is -0.280. The lowest BCUT2D eigenvalue weighted by molar-refractivity contribution is -0.164. The highest BCUT2D eigenvalue weighted by Gasteiger charge is 2.51. The van der Waals surface area contributed by atoms with E-state index in [4.69, 9.17) is 16.3 Å². The normalized spacial score (nSPS) is 46.9. The molecule has 2 heterocycles. The van der Waals surface area contributed by atoms with Gasteiger partial charge in [0.05, 0.1) is 5.92 Å². The van der Waals surface area contributed by atoms with Crippen LogP contribution in [0, 0.1) is 23.7 Å². The van der Waals surface area contributed by atoms with Gasteiger partial charge in [0.25, 0.3) is 0 Å². The maximum atomic E-state index is 13.3. The van der Waals surface area contributed by atoms with Crippen LogP contribution in [0.2, 0.25) is 0 Å². The van der Waals surface area contributed by atoms with Crippen molar-refractivity contribution in [2.45, 2.75) is 101 Å². The molecule has 0 aromatic carbocycles. The van der Waals surface area contributed by atoms with Gasteiger partial charge in [-0.05, 0) is 95.4 Å². The van der Waals surface area contributed by atoms with E-state index in [1.807, 2.05) is 0 Å². The predicted molar refractivity (Wildman–Crippen MR) is 105 cm³/mol. The highest BCUT2D eigenvalue weighted by atomic mass is 35.5. The molecule has 148 valence electrons. The summed E-state index contributed by atoms with van der Waals surface area (Å²) >= 11 is 6.35. The number of nitrogens with zero attached hydrogens (tertiary/aromatic N) is 1. The van der Waals surface area contributed by atoms with Gasteiger partial charge in [-0.15, -0.1) is 11.6 Å². The molecule has 4 aliphatic rings. The Morgan fingerprint density at radius 3 is 2.35 bits per heavy atom. The first kappa shape index (κ1) is 19.1. The van der Waals surface area contributed by atoms with Crippen molar-refractivity contribution < 1.29 is 9.53 Å². The summed E-state index contributed by atoms with van der Waals surface area (Å²) in [5, 5.41) is 0.351. The zero-order valence-electron chi connectivity index (χ0n) is 16.5. The number of piperidine rings is 1. The molecular weight excluding hydrogens is 346 g/mol. The molecule has 0 N–H and O–H groups in total. The van der Waals surface area contributed by atoms with Gasteiger partial charge < -0.3 is 4.74 Å². The van der Waals surface area contributed by atoms with E-state index in [0.717, 1.165) is 31.6 Å². The molecule has 3 nitrogen and oxygen atoms in total. The highest BCUT2D eigenvalue weighted by molar-refractivity contribution is 6.20. The molecule has 26 heavy (non-hydrogen) atoms. The third-order valence-electron chi connectivity index (χ3n) is 8.14. The van der Waals surface area contributed by atoms with Crippen LogP contribution in [0.3, 0.4) is 0 Å². The molecular formula is C22H36ClNO2. The SMILES string of the molecule is CC1CCC(OC(=O)C2C(C3CCC(Cl)CC3)CC3CCC2N3C)CC1. The third-order valence-corrected chi connectivity index (χ3v) is 8.58. The van der Waals surface area contributed by atoms with E-state index >= 15 is 0 Å². The fourth-order valence-corrected chi connectivity index (χ4v) is 6.67. The van der Waals surface area contributed by atoms with Gasteiger partial charge in [0.15, 0.2) is 0 Å². The number of carbonyl (C=O) groups excluding carboxylic acids is 1. The summed E-state index contributed by atoms with van der Waals surface area (Å²) in [6, 6.07) is 1.08. The minimum absolute atomic E-state index is 0.0926. The summed E-state index contributed by atoms with van der Waals surface area (Å²) in [4.78, 5) is 15.8. The number of rotatable bonds is 3. The van der Waals surface area contributed by atoms with Crippen molar-refractivity contribution in [1.82, 2.24) is 4.90 Å². The van der Waals surface area contributed by atoms with Crippen LogP contribution in [0.15, 0.2) is 0 Å². The van der Waals surface area contributed by atoms with Crippen LogP contribution >= 0.6 is 11.6 Å². The standard InChI is InChI=1S/C22H36ClNO2/c1-14-3-10-18(11-4-14)26-22(25)21-19(15-5-7-16(23)8-6-15)13-17-9-12-20(21)24(17)2/h14-21H,3-13H2,1-2H3. The first-order chi connectivity index (χ1) is 12.5. The average Bonchev–Trinajstić information content (AvgIpc) is 2.87. The molecule has 0 aromatic rings. The van der Waals surface area contributed by atoms with E-state index in [9.17, 15) is 4.79 Å². The lowest BCUT2D eigenvalue weighted by atomic mass is 9.68. The van der Waals surface area contributed by atoms with Crippen LogP contribution in [0.25, 0.3) is 0 Å². The topological polar surface area (TPSA) is 29.5 Å². The van der Waals surface area contributed by atoms with Crippen LogP contribution in [0.4, 0.5) is 0 Å².